The molecule has 22 heavy (non-hydrogen) atoms. The molecule has 0 bridgehead atoms. The van der Waals surface area contributed by atoms with Crippen LogP contribution < -0.4 is 0 Å². The highest BCUT2D eigenvalue weighted by Gasteiger charge is 2.54. The number of hydrogen-bond acceptors (Lipinski definition) is 3. The smallest absolute Gasteiger partial charge is 0.274 e. The second kappa shape index (κ2) is 5.39. The molecule has 1 aliphatic rings. The van der Waals surface area contributed by atoms with Crippen molar-refractivity contribution in [2.45, 2.75) is 25.6 Å². The lowest BCUT2D eigenvalue weighted by Crippen LogP contribution is -2.45. The van der Waals surface area contributed by atoms with Crippen LogP contribution in [0.2, 0.25) is 5.02 Å². The highest BCUT2D eigenvalue weighted by molar-refractivity contribution is 6.30. The Hall–Kier alpha value is -1.88. The Labute approximate surface area is 134 Å². The molecular weight excluding hydrogens is 300 g/mol. The van der Waals surface area contributed by atoms with Crippen molar-refractivity contribution in [1.29, 1.82) is 0 Å². The number of hydrogen-bond donors (Lipinski definition) is 1. The predicted molar refractivity (Wildman–Crippen MR) is 86.1 cm³/mol. The van der Waals surface area contributed by atoms with Gasteiger partial charge in [0.25, 0.3) is 5.66 Å². The lowest BCUT2D eigenvalue weighted by atomic mass is 10.0. The molecule has 0 spiro atoms. The van der Waals surface area contributed by atoms with Crippen LogP contribution in [0.15, 0.2) is 54.6 Å². The minimum Gasteiger partial charge on any atom is -0.622 e. The summed E-state index contributed by atoms with van der Waals surface area (Å²) in [6.45, 7) is 3.53. The van der Waals surface area contributed by atoms with Gasteiger partial charge in [-0.1, -0.05) is 41.9 Å². The molecule has 0 aromatic heterocycles. The van der Waals surface area contributed by atoms with Crippen LogP contribution in [0.25, 0.3) is 0 Å². The first-order valence-corrected chi connectivity index (χ1v) is 7.48. The van der Waals surface area contributed by atoms with E-state index in [0.29, 0.717) is 10.7 Å². The summed E-state index contributed by atoms with van der Waals surface area (Å²) in [6, 6.07) is 15.9. The molecule has 0 unspecified atom stereocenters. The predicted octanol–water partition coefficient (Wildman–Crippen LogP) is 3.61. The summed E-state index contributed by atoms with van der Waals surface area (Å²) in [5, 5.41) is 25.3. The monoisotopic (exact) mass is 316 g/mol. The zero-order valence-electron chi connectivity index (χ0n) is 12.4. The molecule has 114 valence electrons. The zero-order chi connectivity index (χ0) is 15.9. The minimum atomic E-state index is -1.16. The van der Waals surface area contributed by atoms with Crippen LogP contribution in [0, 0.1) is 5.21 Å². The quantitative estimate of drug-likeness (QED) is 0.680. The molecule has 2 aromatic rings. The van der Waals surface area contributed by atoms with E-state index in [1.165, 1.54) is 0 Å². The van der Waals surface area contributed by atoms with Gasteiger partial charge in [-0.25, -0.2) is 0 Å². The zero-order valence-corrected chi connectivity index (χ0v) is 13.2. The van der Waals surface area contributed by atoms with Gasteiger partial charge in [0, 0.05) is 23.1 Å². The summed E-state index contributed by atoms with van der Waals surface area (Å²) in [6.07, 6.45) is 0. The third-order valence-corrected chi connectivity index (χ3v) is 4.54. The van der Waals surface area contributed by atoms with E-state index in [2.05, 4.69) is 0 Å². The van der Waals surface area contributed by atoms with Crippen LogP contribution in [0.4, 0.5) is 0 Å². The Morgan fingerprint density at radius 3 is 2.32 bits per heavy atom. The second-order valence-corrected chi connectivity index (χ2v) is 6.03. The van der Waals surface area contributed by atoms with Crippen LogP contribution in [0.1, 0.15) is 25.0 Å². The summed E-state index contributed by atoms with van der Waals surface area (Å²) >= 11 is 5.91. The summed E-state index contributed by atoms with van der Waals surface area (Å²) in [7, 11) is 0. The average Bonchev–Trinajstić information content (AvgIpc) is 2.71. The van der Waals surface area contributed by atoms with Gasteiger partial charge < -0.3 is 10.4 Å². The third-order valence-electron chi connectivity index (χ3n) is 4.28. The molecule has 2 atom stereocenters. The number of rotatable bonds is 2. The van der Waals surface area contributed by atoms with E-state index in [1.54, 1.807) is 31.2 Å². The van der Waals surface area contributed by atoms with Gasteiger partial charge in [-0.15, -0.1) is 5.06 Å². The molecule has 0 radical (unpaired) electrons. The highest BCUT2D eigenvalue weighted by atomic mass is 35.5. The number of nitrogens with zero attached hydrogens (tertiary/aromatic N) is 2. The molecule has 1 aliphatic heterocycles. The van der Waals surface area contributed by atoms with Gasteiger partial charge in [-0.2, -0.15) is 4.74 Å². The standard InChI is InChI=1S/C17H17ClN2O2/c1-12-16(13-8-10-15(18)11-9-13)20(22)17(2,19(12)21)14-6-4-3-5-7-14/h3-12,21H,1-2H3/t12-,17+/m0/s1. The number of benzene rings is 2. The average molecular weight is 317 g/mol. The fourth-order valence-corrected chi connectivity index (χ4v) is 3.10. The van der Waals surface area contributed by atoms with Crippen molar-refractivity contribution in [3.05, 3.63) is 76.0 Å². The van der Waals surface area contributed by atoms with Crippen LogP contribution in [-0.4, -0.2) is 26.8 Å². The maximum atomic E-state index is 13.0. The number of hydroxylamine groups is 3. The fourth-order valence-electron chi connectivity index (χ4n) is 2.97. The summed E-state index contributed by atoms with van der Waals surface area (Å²) < 4.78 is 0.885. The van der Waals surface area contributed by atoms with E-state index >= 15 is 0 Å². The first-order valence-electron chi connectivity index (χ1n) is 7.10. The molecule has 4 nitrogen and oxygen atoms in total. The van der Waals surface area contributed by atoms with Crippen molar-refractivity contribution in [3.8, 4) is 0 Å². The molecule has 0 saturated carbocycles. The van der Waals surface area contributed by atoms with E-state index in [-0.39, 0.29) is 0 Å². The lowest BCUT2D eigenvalue weighted by molar-refractivity contribution is -0.595. The topological polar surface area (TPSA) is 49.5 Å². The van der Waals surface area contributed by atoms with Crippen molar-refractivity contribution >= 4 is 17.3 Å². The largest absolute Gasteiger partial charge is 0.622 e. The second-order valence-electron chi connectivity index (χ2n) is 5.59. The Morgan fingerprint density at radius 2 is 1.73 bits per heavy atom. The van der Waals surface area contributed by atoms with Gasteiger partial charge in [0.2, 0.25) is 5.71 Å². The SMILES string of the molecule is C[C@H]1C(c2ccc(Cl)cc2)=[N+]([O-])[C@](C)(c2ccccc2)N1O. The summed E-state index contributed by atoms with van der Waals surface area (Å²) in [5.74, 6) is 0. The van der Waals surface area contributed by atoms with Gasteiger partial charge in [0.05, 0.1) is 0 Å². The summed E-state index contributed by atoms with van der Waals surface area (Å²) in [5.41, 5.74) is 0.856. The van der Waals surface area contributed by atoms with Crippen LogP contribution in [0.5, 0.6) is 0 Å². The molecular formula is C17H17ClN2O2. The van der Waals surface area contributed by atoms with Crippen molar-refractivity contribution in [2.75, 3.05) is 0 Å². The molecule has 0 aliphatic carbocycles. The first-order chi connectivity index (χ1) is 10.5. The lowest BCUT2D eigenvalue weighted by Gasteiger charge is -2.29. The van der Waals surface area contributed by atoms with E-state index in [0.717, 1.165) is 20.9 Å². The Kier molecular flexibility index (Phi) is 3.68. The Bertz CT molecular complexity index is 715. The van der Waals surface area contributed by atoms with E-state index in [4.69, 9.17) is 11.6 Å². The molecule has 3 rings (SSSR count). The highest BCUT2D eigenvalue weighted by Crippen LogP contribution is 2.36. The molecule has 0 saturated heterocycles. The Balaban J connectivity index is 2.16. The fraction of sp³-hybridized carbons (Fsp3) is 0.235. The molecule has 2 aromatic carbocycles. The maximum Gasteiger partial charge on any atom is 0.274 e. The van der Waals surface area contributed by atoms with Crippen LogP contribution in [0.3, 0.4) is 0 Å². The number of halogens is 1. The molecule has 1 N–H and O–H groups in total. The van der Waals surface area contributed by atoms with E-state index < -0.39 is 11.7 Å². The van der Waals surface area contributed by atoms with Gasteiger partial charge in [0.1, 0.15) is 6.04 Å². The van der Waals surface area contributed by atoms with Crippen LogP contribution >= 0.6 is 11.6 Å². The molecule has 0 amide bonds. The maximum absolute atomic E-state index is 13.0. The van der Waals surface area contributed by atoms with Crippen molar-refractivity contribution in [1.82, 2.24) is 5.06 Å². The molecule has 0 fully saturated rings. The van der Waals surface area contributed by atoms with Crippen molar-refractivity contribution in [2.24, 2.45) is 0 Å². The minimum absolute atomic E-state index is 0.427. The molecule has 1 heterocycles. The third kappa shape index (κ3) is 2.11. The van der Waals surface area contributed by atoms with Gasteiger partial charge in [0.15, 0.2) is 0 Å². The van der Waals surface area contributed by atoms with E-state index in [9.17, 15) is 10.4 Å². The van der Waals surface area contributed by atoms with E-state index in [1.807, 2.05) is 37.3 Å². The first kappa shape index (κ1) is 15.0. The Morgan fingerprint density at radius 1 is 1.14 bits per heavy atom. The van der Waals surface area contributed by atoms with Gasteiger partial charge in [-0.05, 0) is 31.2 Å². The van der Waals surface area contributed by atoms with Gasteiger partial charge in [-0.3, -0.25) is 0 Å². The summed E-state index contributed by atoms with van der Waals surface area (Å²) in [4.78, 5) is 0. The van der Waals surface area contributed by atoms with Crippen molar-refractivity contribution < 1.29 is 9.95 Å². The van der Waals surface area contributed by atoms with Crippen molar-refractivity contribution in [3.63, 3.8) is 0 Å². The van der Waals surface area contributed by atoms with Gasteiger partial charge >= 0.3 is 0 Å². The normalized spacial score (nSPS) is 25.7. The van der Waals surface area contributed by atoms with Crippen LogP contribution in [-0.2, 0) is 5.66 Å². The molecule has 5 heteroatoms.